The van der Waals surface area contributed by atoms with Gasteiger partial charge in [0.15, 0.2) is 0 Å². The summed E-state index contributed by atoms with van der Waals surface area (Å²) in [5.74, 6) is 0. The van der Waals surface area contributed by atoms with Crippen molar-refractivity contribution in [2.24, 2.45) is 12.8 Å². The first-order chi connectivity index (χ1) is 9.02. The van der Waals surface area contributed by atoms with Crippen LogP contribution >= 0.6 is 27.3 Å². The van der Waals surface area contributed by atoms with E-state index in [0.29, 0.717) is 6.54 Å². The summed E-state index contributed by atoms with van der Waals surface area (Å²) in [6.07, 6.45) is 1.92. The largest absolute Gasteiger partial charge is 0.329 e. The number of nitrogens with zero attached hydrogens (tertiary/aromatic N) is 3. The van der Waals surface area contributed by atoms with Gasteiger partial charge in [-0.2, -0.15) is 5.10 Å². The summed E-state index contributed by atoms with van der Waals surface area (Å²) in [6, 6.07) is 2.36. The van der Waals surface area contributed by atoms with Crippen LogP contribution in [0.4, 0.5) is 0 Å². The summed E-state index contributed by atoms with van der Waals surface area (Å²) in [6.45, 7) is 3.57. The number of thiophene rings is 1. The molecule has 1 atom stereocenters. The van der Waals surface area contributed by atoms with Crippen LogP contribution in [-0.2, 0) is 13.6 Å². The van der Waals surface area contributed by atoms with Crippen molar-refractivity contribution in [2.45, 2.75) is 19.5 Å². The van der Waals surface area contributed by atoms with E-state index in [1.54, 1.807) is 11.3 Å². The van der Waals surface area contributed by atoms with Crippen molar-refractivity contribution in [1.29, 1.82) is 0 Å². The molecule has 2 aromatic rings. The summed E-state index contributed by atoms with van der Waals surface area (Å²) < 4.78 is 3.04. The Bertz CT molecular complexity index is 549. The summed E-state index contributed by atoms with van der Waals surface area (Å²) in [5, 5.41) is 6.42. The van der Waals surface area contributed by atoms with Crippen molar-refractivity contribution in [3.8, 4) is 0 Å². The van der Waals surface area contributed by atoms with Crippen molar-refractivity contribution in [2.75, 3.05) is 13.6 Å². The van der Waals surface area contributed by atoms with Crippen LogP contribution in [-0.4, -0.2) is 28.3 Å². The van der Waals surface area contributed by atoms with Crippen molar-refractivity contribution < 1.29 is 0 Å². The Labute approximate surface area is 126 Å². The van der Waals surface area contributed by atoms with Gasteiger partial charge in [-0.1, -0.05) is 0 Å². The standard InChI is InChI=1S/C13H19BrN4S/c1-9-12(6-16-18(9)3)13(5-15)17(2)7-11-4-10(14)8-19-11/h4,6,8,13H,5,7,15H2,1-3H3. The van der Waals surface area contributed by atoms with Gasteiger partial charge >= 0.3 is 0 Å². The van der Waals surface area contributed by atoms with Crippen LogP contribution < -0.4 is 5.73 Å². The van der Waals surface area contributed by atoms with Crippen LogP contribution in [0.3, 0.4) is 0 Å². The molecule has 2 heterocycles. The Morgan fingerprint density at radius 1 is 1.58 bits per heavy atom. The van der Waals surface area contributed by atoms with Gasteiger partial charge in [0.2, 0.25) is 0 Å². The maximum absolute atomic E-state index is 5.96. The molecule has 0 aliphatic carbocycles. The normalized spacial score (nSPS) is 13.2. The molecule has 0 aliphatic heterocycles. The minimum Gasteiger partial charge on any atom is -0.329 e. The molecule has 4 nitrogen and oxygen atoms in total. The first-order valence-corrected chi connectivity index (χ1v) is 7.82. The van der Waals surface area contributed by atoms with Crippen molar-refractivity contribution in [3.05, 3.63) is 38.3 Å². The fourth-order valence-electron chi connectivity index (χ4n) is 2.18. The molecule has 0 fully saturated rings. The Kier molecular flexibility index (Phi) is 4.78. The molecule has 0 saturated heterocycles. The third-order valence-electron chi connectivity index (χ3n) is 3.41. The average molecular weight is 343 g/mol. The summed E-state index contributed by atoms with van der Waals surface area (Å²) in [7, 11) is 4.07. The van der Waals surface area contributed by atoms with E-state index in [2.05, 4.69) is 51.3 Å². The molecular weight excluding hydrogens is 324 g/mol. The van der Waals surface area contributed by atoms with E-state index in [1.807, 2.05) is 17.9 Å². The van der Waals surface area contributed by atoms with E-state index in [0.717, 1.165) is 11.0 Å². The van der Waals surface area contributed by atoms with E-state index < -0.39 is 0 Å². The number of likely N-dealkylation sites (N-methyl/N-ethyl adjacent to an activating group) is 1. The molecule has 104 valence electrons. The zero-order valence-electron chi connectivity index (χ0n) is 11.4. The van der Waals surface area contributed by atoms with E-state index in [9.17, 15) is 0 Å². The lowest BCUT2D eigenvalue weighted by Crippen LogP contribution is -2.30. The van der Waals surface area contributed by atoms with Crippen LogP contribution in [0, 0.1) is 6.92 Å². The number of aryl methyl sites for hydroxylation is 1. The number of halogens is 1. The van der Waals surface area contributed by atoms with Gasteiger partial charge in [-0.05, 0) is 36.0 Å². The molecule has 0 aromatic carbocycles. The fourth-order valence-corrected chi connectivity index (χ4v) is 3.69. The number of hydrogen-bond donors (Lipinski definition) is 1. The maximum atomic E-state index is 5.96. The second-order valence-corrected chi connectivity index (χ2v) is 6.62. The second kappa shape index (κ2) is 6.17. The lowest BCUT2D eigenvalue weighted by molar-refractivity contribution is 0.243. The lowest BCUT2D eigenvalue weighted by Gasteiger charge is -2.26. The Morgan fingerprint density at radius 2 is 2.32 bits per heavy atom. The molecule has 0 spiro atoms. The molecule has 0 amide bonds. The highest BCUT2D eigenvalue weighted by Crippen LogP contribution is 2.26. The van der Waals surface area contributed by atoms with Crippen molar-refractivity contribution in [3.63, 3.8) is 0 Å². The van der Waals surface area contributed by atoms with Crippen molar-refractivity contribution in [1.82, 2.24) is 14.7 Å². The number of rotatable bonds is 5. The van der Waals surface area contributed by atoms with Gasteiger partial charge in [-0.25, -0.2) is 0 Å². The SMILES string of the molecule is Cc1c(C(CN)N(C)Cc2cc(Br)cs2)cnn1C. The Balaban J connectivity index is 2.15. The zero-order chi connectivity index (χ0) is 14.0. The predicted molar refractivity (Wildman–Crippen MR) is 83.2 cm³/mol. The summed E-state index contributed by atoms with van der Waals surface area (Å²) >= 11 is 5.25. The molecule has 2 N–H and O–H groups in total. The average Bonchev–Trinajstić information content (AvgIpc) is 2.91. The Morgan fingerprint density at radius 3 is 2.79 bits per heavy atom. The minimum atomic E-state index is 0.203. The molecule has 1 unspecified atom stereocenters. The minimum absolute atomic E-state index is 0.203. The van der Waals surface area contributed by atoms with E-state index in [1.165, 1.54) is 16.1 Å². The highest BCUT2D eigenvalue weighted by Gasteiger charge is 2.20. The first-order valence-electron chi connectivity index (χ1n) is 6.14. The molecule has 0 radical (unpaired) electrons. The molecular formula is C13H19BrN4S. The summed E-state index contributed by atoms with van der Waals surface area (Å²) in [5.41, 5.74) is 8.34. The molecule has 0 bridgehead atoms. The first kappa shape index (κ1) is 14.7. The fraction of sp³-hybridized carbons (Fsp3) is 0.462. The number of hydrogen-bond acceptors (Lipinski definition) is 4. The third kappa shape index (κ3) is 3.25. The molecule has 2 aromatic heterocycles. The van der Waals surface area contributed by atoms with E-state index in [-0.39, 0.29) is 6.04 Å². The lowest BCUT2D eigenvalue weighted by atomic mass is 10.1. The highest BCUT2D eigenvalue weighted by atomic mass is 79.9. The van der Waals surface area contributed by atoms with Gasteiger partial charge in [-0.3, -0.25) is 9.58 Å². The predicted octanol–water partition coefficient (Wildman–Crippen LogP) is 2.68. The zero-order valence-corrected chi connectivity index (χ0v) is 13.8. The number of aromatic nitrogens is 2. The maximum Gasteiger partial charge on any atom is 0.0540 e. The molecule has 0 saturated carbocycles. The Hall–Kier alpha value is -0.690. The van der Waals surface area contributed by atoms with Gasteiger partial charge in [0, 0.05) is 46.1 Å². The topological polar surface area (TPSA) is 47.1 Å². The second-order valence-electron chi connectivity index (χ2n) is 4.71. The molecule has 19 heavy (non-hydrogen) atoms. The van der Waals surface area contributed by atoms with Gasteiger partial charge in [0.05, 0.1) is 12.2 Å². The van der Waals surface area contributed by atoms with Gasteiger partial charge in [0.25, 0.3) is 0 Å². The third-order valence-corrected chi connectivity index (χ3v) is 5.10. The van der Waals surface area contributed by atoms with Gasteiger partial charge in [-0.15, -0.1) is 11.3 Å². The monoisotopic (exact) mass is 342 g/mol. The van der Waals surface area contributed by atoms with Crippen LogP contribution in [0.15, 0.2) is 22.1 Å². The van der Waals surface area contributed by atoms with Crippen LogP contribution in [0.1, 0.15) is 22.2 Å². The molecule has 0 aliphatic rings. The molecule has 2 rings (SSSR count). The van der Waals surface area contributed by atoms with Crippen LogP contribution in [0.5, 0.6) is 0 Å². The van der Waals surface area contributed by atoms with Gasteiger partial charge in [0.1, 0.15) is 0 Å². The van der Waals surface area contributed by atoms with Gasteiger partial charge < -0.3 is 5.73 Å². The number of nitrogens with two attached hydrogens (primary N) is 1. The van der Waals surface area contributed by atoms with Crippen molar-refractivity contribution >= 4 is 27.3 Å². The van der Waals surface area contributed by atoms with E-state index >= 15 is 0 Å². The smallest absolute Gasteiger partial charge is 0.0540 e. The van der Waals surface area contributed by atoms with E-state index in [4.69, 9.17) is 5.73 Å². The highest BCUT2D eigenvalue weighted by molar-refractivity contribution is 9.10. The van der Waals surface area contributed by atoms with Crippen LogP contribution in [0.25, 0.3) is 0 Å². The quantitative estimate of drug-likeness (QED) is 0.908. The molecule has 6 heteroatoms. The van der Waals surface area contributed by atoms with Crippen LogP contribution in [0.2, 0.25) is 0 Å². The summed E-state index contributed by atoms with van der Waals surface area (Å²) in [4.78, 5) is 3.61.